The number of hydrogen-bond acceptors (Lipinski definition) is 2. The van der Waals surface area contributed by atoms with Crippen molar-refractivity contribution in [1.29, 1.82) is 0 Å². The molecule has 0 aliphatic carbocycles. The first-order valence-corrected chi connectivity index (χ1v) is 7.41. The second kappa shape index (κ2) is 6.87. The van der Waals surface area contributed by atoms with E-state index in [1.807, 2.05) is 0 Å². The van der Waals surface area contributed by atoms with Gasteiger partial charge in [0.15, 0.2) is 0 Å². The molecule has 0 saturated carbocycles. The van der Waals surface area contributed by atoms with Crippen LogP contribution in [0.25, 0.3) is 0 Å². The Morgan fingerprint density at radius 3 is 2.70 bits per heavy atom. The molecule has 0 radical (unpaired) electrons. The highest BCUT2D eigenvalue weighted by Gasteiger charge is 2.17. The van der Waals surface area contributed by atoms with Crippen LogP contribution in [0, 0.1) is 5.82 Å². The number of nitrogens with one attached hydrogen (secondary N) is 1. The number of hydrogen-bond donors (Lipinski definition) is 2. The van der Waals surface area contributed by atoms with Gasteiger partial charge < -0.3 is 0 Å². The summed E-state index contributed by atoms with van der Waals surface area (Å²) in [5.74, 6) is 5.26. The molecule has 0 aliphatic heterocycles. The summed E-state index contributed by atoms with van der Waals surface area (Å²) < 4.78 is 14.0. The van der Waals surface area contributed by atoms with Gasteiger partial charge in [0, 0.05) is 10.0 Å². The van der Waals surface area contributed by atoms with Crippen LogP contribution in [-0.2, 0) is 6.42 Å². The normalized spacial score (nSPS) is 12.4. The Kier molecular flexibility index (Phi) is 5.41. The maximum absolute atomic E-state index is 13.6. The van der Waals surface area contributed by atoms with Crippen LogP contribution in [0.2, 0.25) is 10.0 Å². The van der Waals surface area contributed by atoms with Gasteiger partial charge in [0.1, 0.15) is 5.82 Å². The molecule has 0 fully saturated rings. The third-order valence-corrected chi connectivity index (χ3v) is 4.43. The highest BCUT2D eigenvalue weighted by molar-refractivity contribution is 9.10. The summed E-state index contributed by atoms with van der Waals surface area (Å²) in [6.07, 6.45) is 0.498. The lowest BCUT2D eigenvalue weighted by Crippen LogP contribution is -2.30. The largest absolute Gasteiger partial charge is 0.271 e. The van der Waals surface area contributed by atoms with Gasteiger partial charge in [0.2, 0.25) is 0 Å². The Labute approximate surface area is 135 Å². The molecule has 2 nitrogen and oxygen atoms in total. The van der Waals surface area contributed by atoms with E-state index in [2.05, 4.69) is 21.4 Å². The molecule has 0 aliphatic rings. The van der Waals surface area contributed by atoms with Crippen LogP contribution in [0.4, 0.5) is 4.39 Å². The van der Waals surface area contributed by atoms with Crippen LogP contribution >= 0.6 is 39.1 Å². The molecule has 0 spiro atoms. The number of nitrogens with two attached hydrogens (primary N) is 1. The van der Waals surface area contributed by atoms with E-state index in [9.17, 15) is 4.39 Å². The Bertz CT molecular complexity index is 622. The van der Waals surface area contributed by atoms with Gasteiger partial charge in [-0.2, -0.15) is 0 Å². The molecule has 2 aromatic carbocycles. The van der Waals surface area contributed by atoms with Crippen molar-refractivity contribution < 1.29 is 4.39 Å². The summed E-state index contributed by atoms with van der Waals surface area (Å²) in [4.78, 5) is 0. The molecule has 2 rings (SSSR count). The number of halogens is 4. The smallest absolute Gasteiger partial charge is 0.137 e. The predicted octanol–water partition coefficient (Wildman–Crippen LogP) is 4.64. The molecule has 0 amide bonds. The number of rotatable bonds is 4. The average molecular weight is 378 g/mol. The molecule has 0 saturated heterocycles. The fourth-order valence-corrected chi connectivity index (χ4v) is 2.90. The van der Waals surface area contributed by atoms with Crippen LogP contribution in [0.1, 0.15) is 17.2 Å². The second-order valence-corrected chi connectivity index (χ2v) is 5.94. The third kappa shape index (κ3) is 3.51. The number of benzene rings is 2. The zero-order valence-electron chi connectivity index (χ0n) is 10.3. The van der Waals surface area contributed by atoms with Crippen LogP contribution in [-0.4, -0.2) is 0 Å². The minimum atomic E-state index is -0.333. The van der Waals surface area contributed by atoms with E-state index < -0.39 is 0 Å². The second-order valence-electron chi connectivity index (χ2n) is 4.30. The average Bonchev–Trinajstić information content (AvgIpc) is 2.43. The lowest BCUT2D eigenvalue weighted by Gasteiger charge is -2.19. The van der Waals surface area contributed by atoms with Gasteiger partial charge in [0.05, 0.1) is 10.5 Å². The van der Waals surface area contributed by atoms with Crippen molar-refractivity contribution in [3.63, 3.8) is 0 Å². The Hall–Kier alpha value is -0.650. The van der Waals surface area contributed by atoms with Crippen LogP contribution in [0.5, 0.6) is 0 Å². The van der Waals surface area contributed by atoms with Crippen LogP contribution in [0.15, 0.2) is 40.9 Å². The molecule has 0 bridgehead atoms. The topological polar surface area (TPSA) is 38.0 Å². The quantitative estimate of drug-likeness (QED) is 0.601. The van der Waals surface area contributed by atoms with E-state index in [0.717, 1.165) is 11.1 Å². The summed E-state index contributed by atoms with van der Waals surface area (Å²) in [5, 5.41) is 1.20. The van der Waals surface area contributed by atoms with Crippen molar-refractivity contribution in [3.8, 4) is 0 Å². The van der Waals surface area contributed by atoms with Crippen molar-refractivity contribution in [2.75, 3.05) is 0 Å². The predicted molar refractivity (Wildman–Crippen MR) is 84.3 cm³/mol. The zero-order chi connectivity index (χ0) is 14.7. The SMILES string of the molecule is NNC(Cc1cc(Cl)ccc1Cl)c1cccc(F)c1Br. The van der Waals surface area contributed by atoms with Crippen molar-refractivity contribution in [2.45, 2.75) is 12.5 Å². The minimum Gasteiger partial charge on any atom is -0.271 e. The van der Waals surface area contributed by atoms with Gasteiger partial charge in [-0.25, -0.2) is 4.39 Å². The van der Waals surface area contributed by atoms with Crippen molar-refractivity contribution in [3.05, 3.63) is 67.9 Å². The molecular weight excluding hydrogens is 366 g/mol. The lowest BCUT2D eigenvalue weighted by molar-refractivity contribution is 0.540. The molecular formula is C14H12BrCl2FN2. The van der Waals surface area contributed by atoms with E-state index in [1.165, 1.54) is 6.07 Å². The molecule has 1 atom stereocenters. The van der Waals surface area contributed by atoms with E-state index in [1.54, 1.807) is 30.3 Å². The van der Waals surface area contributed by atoms with Gasteiger partial charge >= 0.3 is 0 Å². The first kappa shape index (κ1) is 15.7. The molecule has 0 heterocycles. The Morgan fingerprint density at radius 1 is 1.25 bits per heavy atom. The summed E-state index contributed by atoms with van der Waals surface area (Å²) in [7, 11) is 0. The van der Waals surface area contributed by atoms with Gasteiger partial charge in [-0.05, 0) is 57.7 Å². The van der Waals surface area contributed by atoms with Gasteiger partial charge in [0.25, 0.3) is 0 Å². The fraction of sp³-hybridized carbons (Fsp3) is 0.143. The third-order valence-electron chi connectivity index (χ3n) is 2.99. The molecule has 6 heteroatoms. The van der Waals surface area contributed by atoms with Crippen molar-refractivity contribution in [2.24, 2.45) is 5.84 Å². The fourth-order valence-electron chi connectivity index (χ4n) is 1.97. The zero-order valence-corrected chi connectivity index (χ0v) is 13.4. The summed E-state index contributed by atoms with van der Waals surface area (Å²) in [5.41, 5.74) is 4.25. The monoisotopic (exact) mass is 376 g/mol. The van der Waals surface area contributed by atoms with Gasteiger partial charge in [-0.15, -0.1) is 0 Å². The van der Waals surface area contributed by atoms with Crippen LogP contribution in [0.3, 0.4) is 0 Å². The molecule has 3 N–H and O–H groups in total. The lowest BCUT2D eigenvalue weighted by atomic mass is 9.99. The molecule has 106 valence electrons. The van der Waals surface area contributed by atoms with E-state index >= 15 is 0 Å². The summed E-state index contributed by atoms with van der Waals surface area (Å²) in [6.45, 7) is 0. The molecule has 2 aromatic rings. The van der Waals surface area contributed by atoms with Crippen LogP contribution < -0.4 is 11.3 Å². The van der Waals surface area contributed by atoms with Gasteiger partial charge in [-0.1, -0.05) is 35.3 Å². The first-order valence-electron chi connectivity index (χ1n) is 5.87. The standard InChI is InChI=1S/C14H12BrCl2FN2/c15-14-10(2-1-3-12(14)18)13(20-19)7-8-6-9(16)4-5-11(8)17/h1-6,13,20H,7,19H2. The Balaban J connectivity index is 2.34. The number of hydrazine groups is 1. The molecule has 20 heavy (non-hydrogen) atoms. The van der Waals surface area contributed by atoms with E-state index in [-0.39, 0.29) is 11.9 Å². The minimum absolute atomic E-state index is 0.281. The highest BCUT2D eigenvalue weighted by atomic mass is 79.9. The summed E-state index contributed by atoms with van der Waals surface area (Å²) >= 11 is 15.3. The van der Waals surface area contributed by atoms with E-state index in [4.69, 9.17) is 29.0 Å². The van der Waals surface area contributed by atoms with Crippen molar-refractivity contribution in [1.82, 2.24) is 5.43 Å². The maximum atomic E-state index is 13.6. The molecule has 0 aromatic heterocycles. The van der Waals surface area contributed by atoms with E-state index in [0.29, 0.717) is 20.9 Å². The highest BCUT2D eigenvalue weighted by Crippen LogP contribution is 2.30. The first-order chi connectivity index (χ1) is 9.52. The molecule has 1 unspecified atom stereocenters. The van der Waals surface area contributed by atoms with Crippen molar-refractivity contribution >= 4 is 39.1 Å². The van der Waals surface area contributed by atoms with Gasteiger partial charge in [-0.3, -0.25) is 11.3 Å². The maximum Gasteiger partial charge on any atom is 0.137 e. The summed E-state index contributed by atoms with van der Waals surface area (Å²) in [6, 6.07) is 9.77. The Morgan fingerprint density at radius 2 is 2.00 bits per heavy atom.